The van der Waals surface area contributed by atoms with Gasteiger partial charge in [-0.3, -0.25) is 4.79 Å². The van der Waals surface area contributed by atoms with Gasteiger partial charge in [0.1, 0.15) is 11.9 Å². The van der Waals surface area contributed by atoms with Crippen LogP contribution in [0.15, 0.2) is 49.3 Å². The van der Waals surface area contributed by atoms with Gasteiger partial charge in [0, 0.05) is 75.4 Å². The van der Waals surface area contributed by atoms with E-state index >= 15 is 0 Å². The van der Waals surface area contributed by atoms with Crippen molar-refractivity contribution in [3.63, 3.8) is 0 Å². The number of hydrogen-bond donors (Lipinski definition) is 0. The fraction of sp³-hybridized carbons (Fsp3) is 0.261. The van der Waals surface area contributed by atoms with Gasteiger partial charge in [-0.25, -0.2) is 14.5 Å². The number of carbonyl (C=O) groups excluding carboxylic acids is 1. The van der Waals surface area contributed by atoms with Crippen LogP contribution in [0, 0.1) is 11.3 Å². The average molecular weight is 426 g/mol. The highest BCUT2D eigenvalue weighted by molar-refractivity contribution is 5.87. The Kier molecular flexibility index (Phi) is 4.82. The lowest BCUT2D eigenvalue weighted by Crippen LogP contribution is -2.48. The highest BCUT2D eigenvalue weighted by Crippen LogP contribution is 2.32. The summed E-state index contributed by atoms with van der Waals surface area (Å²) in [4.78, 5) is 24.8. The van der Waals surface area contributed by atoms with Crippen LogP contribution in [-0.2, 0) is 11.8 Å². The van der Waals surface area contributed by atoms with E-state index in [2.05, 4.69) is 21.1 Å². The van der Waals surface area contributed by atoms with E-state index in [-0.39, 0.29) is 5.91 Å². The number of aryl methyl sites for hydroxylation is 1. The summed E-state index contributed by atoms with van der Waals surface area (Å²) in [7, 11) is 1.93. The van der Waals surface area contributed by atoms with Crippen molar-refractivity contribution >= 4 is 17.2 Å². The first-order valence-electron chi connectivity index (χ1n) is 10.4. The maximum absolute atomic E-state index is 11.6. The van der Waals surface area contributed by atoms with Crippen molar-refractivity contribution < 1.29 is 4.79 Å². The molecular formula is C23H22N8O. The molecule has 0 atom stereocenters. The number of rotatable bonds is 3. The SMILES string of the molecule is CC(=O)N1CCN(c2ccc(-c3cc(-c4cn(C)cn4)cn4ncc(C#N)c34)cn2)CC1. The molecule has 0 aliphatic carbocycles. The van der Waals surface area contributed by atoms with Crippen LogP contribution in [0.3, 0.4) is 0 Å². The van der Waals surface area contributed by atoms with Gasteiger partial charge >= 0.3 is 0 Å². The number of anilines is 1. The highest BCUT2D eigenvalue weighted by atomic mass is 16.2. The number of nitriles is 1. The second-order valence-corrected chi connectivity index (χ2v) is 7.93. The van der Waals surface area contributed by atoms with E-state index in [1.807, 2.05) is 53.3 Å². The second kappa shape index (κ2) is 7.81. The Morgan fingerprint density at radius 1 is 1.06 bits per heavy atom. The molecule has 0 spiro atoms. The summed E-state index contributed by atoms with van der Waals surface area (Å²) in [6.07, 6.45) is 9.00. The quantitative estimate of drug-likeness (QED) is 0.499. The van der Waals surface area contributed by atoms with Crippen LogP contribution in [0.2, 0.25) is 0 Å². The van der Waals surface area contributed by atoms with Crippen molar-refractivity contribution in [3.05, 3.63) is 54.9 Å². The largest absolute Gasteiger partial charge is 0.353 e. The minimum absolute atomic E-state index is 0.110. The van der Waals surface area contributed by atoms with E-state index in [0.29, 0.717) is 18.7 Å². The molecule has 0 saturated carbocycles. The number of amides is 1. The van der Waals surface area contributed by atoms with E-state index in [0.717, 1.165) is 46.8 Å². The van der Waals surface area contributed by atoms with Crippen LogP contribution >= 0.6 is 0 Å². The molecule has 5 heterocycles. The predicted octanol–water partition coefficient (Wildman–Crippen LogP) is 2.34. The summed E-state index contributed by atoms with van der Waals surface area (Å²) in [6, 6.07) is 8.28. The molecule has 1 saturated heterocycles. The number of fused-ring (bicyclic) bond motifs is 1. The number of pyridine rings is 2. The average Bonchev–Trinajstić information content (AvgIpc) is 3.44. The maximum Gasteiger partial charge on any atom is 0.219 e. The van der Waals surface area contributed by atoms with Gasteiger partial charge in [-0.05, 0) is 18.2 Å². The summed E-state index contributed by atoms with van der Waals surface area (Å²) in [5, 5.41) is 14.0. The van der Waals surface area contributed by atoms with Crippen LogP contribution in [-0.4, -0.2) is 61.1 Å². The van der Waals surface area contributed by atoms with Crippen molar-refractivity contribution in [2.75, 3.05) is 31.1 Å². The molecule has 1 aliphatic heterocycles. The Labute approximate surface area is 185 Å². The van der Waals surface area contributed by atoms with Gasteiger partial charge in [0.25, 0.3) is 0 Å². The van der Waals surface area contributed by atoms with Crippen LogP contribution in [0.5, 0.6) is 0 Å². The fourth-order valence-electron chi connectivity index (χ4n) is 4.11. The van der Waals surface area contributed by atoms with E-state index < -0.39 is 0 Å². The molecule has 5 rings (SSSR count). The zero-order chi connectivity index (χ0) is 22.2. The molecule has 0 radical (unpaired) electrons. The smallest absolute Gasteiger partial charge is 0.219 e. The van der Waals surface area contributed by atoms with Crippen molar-refractivity contribution in [2.45, 2.75) is 6.92 Å². The molecule has 1 fully saturated rings. The number of nitrogens with zero attached hydrogens (tertiary/aromatic N) is 8. The van der Waals surface area contributed by atoms with Crippen molar-refractivity contribution in [1.29, 1.82) is 5.26 Å². The lowest BCUT2D eigenvalue weighted by molar-refractivity contribution is -0.129. The van der Waals surface area contributed by atoms with Gasteiger partial charge in [0.15, 0.2) is 0 Å². The van der Waals surface area contributed by atoms with E-state index in [4.69, 9.17) is 4.98 Å². The molecule has 4 aromatic rings. The molecule has 32 heavy (non-hydrogen) atoms. The highest BCUT2D eigenvalue weighted by Gasteiger charge is 2.20. The van der Waals surface area contributed by atoms with Crippen LogP contribution in [0.25, 0.3) is 27.9 Å². The first-order valence-corrected chi connectivity index (χ1v) is 10.4. The topological polar surface area (TPSA) is 95.4 Å². The molecule has 9 nitrogen and oxygen atoms in total. The normalized spacial score (nSPS) is 14.0. The van der Waals surface area contributed by atoms with E-state index in [1.54, 1.807) is 24.0 Å². The second-order valence-electron chi connectivity index (χ2n) is 7.93. The Bertz CT molecular complexity index is 1340. The molecule has 0 bridgehead atoms. The van der Waals surface area contributed by atoms with E-state index in [9.17, 15) is 10.1 Å². The predicted molar refractivity (Wildman–Crippen MR) is 120 cm³/mol. The molecule has 160 valence electrons. The number of hydrogen-bond acceptors (Lipinski definition) is 6. The number of piperazine rings is 1. The molecule has 4 aromatic heterocycles. The lowest BCUT2D eigenvalue weighted by atomic mass is 10.0. The minimum atomic E-state index is 0.110. The van der Waals surface area contributed by atoms with Crippen LogP contribution in [0.1, 0.15) is 12.5 Å². The molecule has 0 N–H and O–H groups in total. The summed E-state index contributed by atoms with van der Waals surface area (Å²) < 4.78 is 3.62. The van der Waals surface area contributed by atoms with Gasteiger partial charge in [-0.1, -0.05) is 0 Å². The molecule has 0 unspecified atom stereocenters. The third kappa shape index (κ3) is 3.46. The molecule has 1 aliphatic rings. The third-order valence-corrected chi connectivity index (χ3v) is 5.84. The standard InChI is InChI=1S/C23H22N8O/c1-16(32)29-5-7-30(8-6-29)22-4-3-17(11-25-22)20-9-18(21-14-28(2)15-26-21)13-31-23(20)19(10-24)12-27-31/h3-4,9,11-15H,5-8H2,1-2H3. The first-order chi connectivity index (χ1) is 15.5. The van der Waals surface area contributed by atoms with Crippen molar-refractivity contribution in [2.24, 2.45) is 7.05 Å². The lowest BCUT2D eigenvalue weighted by Gasteiger charge is -2.34. The monoisotopic (exact) mass is 426 g/mol. The summed E-state index contributed by atoms with van der Waals surface area (Å²) in [5.41, 5.74) is 4.77. The van der Waals surface area contributed by atoms with Gasteiger partial charge in [-0.2, -0.15) is 10.4 Å². The Morgan fingerprint density at radius 2 is 1.88 bits per heavy atom. The maximum atomic E-state index is 11.6. The zero-order valence-corrected chi connectivity index (χ0v) is 17.9. The van der Waals surface area contributed by atoms with Crippen molar-refractivity contribution in [3.8, 4) is 28.5 Å². The Morgan fingerprint density at radius 3 is 2.50 bits per heavy atom. The Hall–Kier alpha value is -4.19. The van der Waals surface area contributed by atoms with Gasteiger partial charge in [-0.15, -0.1) is 0 Å². The van der Waals surface area contributed by atoms with Gasteiger partial charge in [0.2, 0.25) is 5.91 Å². The number of aromatic nitrogens is 5. The van der Waals surface area contributed by atoms with Crippen LogP contribution < -0.4 is 4.90 Å². The zero-order valence-electron chi connectivity index (χ0n) is 17.9. The van der Waals surface area contributed by atoms with E-state index in [1.165, 1.54) is 0 Å². The third-order valence-electron chi connectivity index (χ3n) is 5.84. The van der Waals surface area contributed by atoms with Crippen molar-refractivity contribution in [1.82, 2.24) is 29.0 Å². The Balaban J connectivity index is 1.52. The molecule has 1 amide bonds. The summed E-state index contributed by atoms with van der Waals surface area (Å²) in [5.74, 6) is 0.988. The molecule has 9 heteroatoms. The summed E-state index contributed by atoms with van der Waals surface area (Å²) >= 11 is 0. The molecular weight excluding hydrogens is 404 g/mol. The number of imidazole rings is 1. The number of carbonyl (C=O) groups is 1. The van der Waals surface area contributed by atoms with Crippen LogP contribution in [0.4, 0.5) is 5.82 Å². The van der Waals surface area contributed by atoms with Gasteiger partial charge < -0.3 is 14.4 Å². The minimum Gasteiger partial charge on any atom is -0.353 e. The summed E-state index contributed by atoms with van der Waals surface area (Å²) in [6.45, 7) is 4.52. The van der Waals surface area contributed by atoms with Gasteiger partial charge in [0.05, 0.1) is 29.3 Å². The molecule has 0 aromatic carbocycles. The fourth-order valence-corrected chi connectivity index (χ4v) is 4.11. The first kappa shape index (κ1) is 19.8.